The second-order valence-electron chi connectivity index (χ2n) is 7.28. The predicted molar refractivity (Wildman–Crippen MR) is 93.4 cm³/mol. The molecular weight excluding hydrogens is 347 g/mol. The summed E-state index contributed by atoms with van der Waals surface area (Å²) in [5.74, 6) is 0.897. The van der Waals surface area contributed by atoms with E-state index in [4.69, 9.17) is 4.74 Å². The van der Waals surface area contributed by atoms with E-state index in [0.717, 1.165) is 58.2 Å². The largest absolute Gasteiger partial charge is 0.433 e. The van der Waals surface area contributed by atoms with Crippen molar-refractivity contribution in [2.75, 3.05) is 57.2 Å². The fourth-order valence-electron chi connectivity index (χ4n) is 3.41. The molecule has 2 aliphatic rings. The van der Waals surface area contributed by atoms with Crippen molar-refractivity contribution in [3.05, 3.63) is 11.8 Å². The third-order valence-corrected chi connectivity index (χ3v) is 4.92. The van der Waals surface area contributed by atoms with Crippen LogP contribution in [-0.4, -0.2) is 67.9 Å². The topological polar surface area (TPSA) is 53.5 Å². The maximum absolute atomic E-state index is 13.1. The second-order valence-corrected chi connectivity index (χ2v) is 7.28. The van der Waals surface area contributed by atoms with Crippen molar-refractivity contribution in [2.24, 2.45) is 5.92 Å². The van der Waals surface area contributed by atoms with Gasteiger partial charge in [-0.25, -0.2) is 4.98 Å². The molecule has 3 heterocycles. The summed E-state index contributed by atoms with van der Waals surface area (Å²) in [6, 6.07) is 1.06. The number of anilines is 2. The Balaban J connectivity index is 1.59. The van der Waals surface area contributed by atoms with Gasteiger partial charge in [-0.15, -0.1) is 0 Å². The minimum atomic E-state index is -4.49. The Hall–Kier alpha value is -1.61. The number of aromatic nitrogens is 2. The van der Waals surface area contributed by atoms with Crippen LogP contribution in [0.3, 0.4) is 0 Å². The summed E-state index contributed by atoms with van der Waals surface area (Å²) in [5, 5.41) is 3.10. The molecule has 1 aromatic heterocycles. The van der Waals surface area contributed by atoms with Crippen molar-refractivity contribution >= 4 is 11.8 Å². The average molecular weight is 373 g/mol. The molecule has 1 atom stereocenters. The SMILES string of the molecule is CN(C)c1cc(C(F)(F)F)nc(NC2CCN(CC3CCOC3)CC2)n1. The monoisotopic (exact) mass is 373 g/mol. The van der Waals surface area contributed by atoms with E-state index in [1.807, 2.05) is 0 Å². The molecule has 0 aromatic carbocycles. The van der Waals surface area contributed by atoms with Crippen LogP contribution < -0.4 is 10.2 Å². The number of alkyl halides is 3. The van der Waals surface area contributed by atoms with Crippen LogP contribution in [0.15, 0.2) is 6.07 Å². The lowest BCUT2D eigenvalue weighted by Gasteiger charge is -2.33. The lowest BCUT2D eigenvalue weighted by Crippen LogP contribution is -2.41. The first-order chi connectivity index (χ1) is 12.3. The van der Waals surface area contributed by atoms with Gasteiger partial charge in [-0.3, -0.25) is 0 Å². The fraction of sp³-hybridized carbons (Fsp3) is 0.765. The second kappa shape index (κ2) is 7.96. The van der Waals surface area contributed by atoms with Gasteiger partial charge in [0.15, 0.2) is 5.69 Å². The molecule has 0 amide bonds. The van der Waals surface area contributed by atoms with Crippen LogP contribution in [0, 0.1) is 5.92 Å². The van der Waals surface area contributed by atoms with Crippen LogP contribution >= 0.6 is 0 Å². The predicted octanol–water partition coefficient (Wildman–Crippen LogP) is 2.47. The highest BCUT2D eigenvalue weighted by molar-refractivity contribution is 5.44. The van der Waals surface area contributed by atoms with E-state index in [1.54, 1.807) is 19.0 Å². The van der Waals surface area contributed by atoms with Crippen LogP contribution in [0.4, 0.5) is 24.9 Å². The van der Waals surface area contributed by atoms with E-state index >= 15 is 0 Å². The van der Waals surface area contributed by atoms with Crippen molar-refractivity contribution in [1.29, 1.82) is 0 Å². The molecule has 146 valence electrons. The van der Waals surface area contributed by atoms with Gasteiger partial charge in [-0.1, -0.05) is 0 Å². The molecule has 6 nitrogen and oxygen atoms in total. The van der Waals surface area contributed by atoms with E-state index in [0.29, 0.717) is 5.92 Å². The zero-order valence-corrected chi connectivity index (χ0v) is 15.2. The van der Waals surface area contributed by atoms with Gasteiger partial charge in [0, 0.05) is 52.4 Å². The third kappa shape index (κ3) is 4.97. The molecule has 0 radical (unpaired) electrons. The van der Waals surface area contributed by atoms with Crippen LogP contribution in [0.25, 0.3) is 0 Å². The molecule has 2 saturated heterocycles. The zero-order chi connectivity index (χ0) is 18.7. The lowest BCUT2D eigenvalue weighted by atomic mass is 10.0. The highest BCUT2D eigenvalue weighted by Crippen LogP contribution is 2.30. The summed E-state index contributed by atoms with van der Waals surface area (Å²) in [7, 11) is 3.33. The summed E-state index contributed by atoms with van der Waals surface area (Å²) in [6.07, 6.45) is -1.64. The molecule has 1 N–H and O–H groups in total. The Morgan fingerprint density at radius 2 is 1.96 bits per heavy atom. The first kappa shape index (κ1) is 19.2. The number of likely N-dealkylation sites (tertiary alicyclic amines) is 1. The maximum atomic E-state index is 13.1. The number of hydrogen-bond acceptors (Lipinski definition) is 6. The average Bonchev–Trinajstić information content (AvgIpc) is 3.08. The summed E-state index contributed by atoms with van der Waals surface area (Å²) in [5.41, 5.74) is -0.919. The summed E-state index contributed by atoms with van der Waals surface area (Å²) in [6.45, 7) is 4.58. The standard InChI is InChI=1S/C17H26F3N5O/c1-24(2)15-9-14(17(18,19)20)22-16(23-15)21-13-3-6-25(7-4-13)10-12-5-8-26-11-12/h9,12-13H,3-8,10-11H2,1-2H3,(H,21,22,23). The summed E-state index contributed by atoms with van der Waals surface area (Å²) >= 11 is 0. The molecule has 3 rings (SSSR count). The number of halogens is 3. The highest BCUT2D eigenvalue weighted by Gasteiger charge is 2.34. The van der Waals surface area contributed by atoms with Crippen molar-refractivity contribution in [3.8, 4) is 0 Å². The molecule has 2 fully saturated rings. The molecule has 1 aromatic rings. The van der Waals surface area contributed by atoms with Gasteiger partial charge in [0.1, 0.15) is 5.82 Å². The van der Waals surface area contributed by atoms with Crippen LogP contribution in [0.2, 0.25) is 0 Å². The fourth-order valence-corrected chi connectivity index (χ4v) is 3.41. The summed E-state index contributed by atoms with van der Waals surface area (Å²) in [4.78, 5) is 11.9. The van der Waals surface area contributed by atoms with Crippen molar-refractivity contribution in [3.63, 3.8) is 0 Å². The van der Waals surface area contributed by atoms with E-state index < -0.39 is 11.9 Å². The van der Waals surface area contributed by atoms with Crippen LogP contribution in [-0.2, 0) is 10.9 Å². The Morgan fingerprint density at radius 1 is 1.23 bits per heavy atom. The van der Waals surface area contributed by atoms with Gasteiger partial charge in [-0.2, -0.15) is 18.2 Å². The van der Waals surface area contributed by atoms with Crippen molar-refractivity contribution in [1.82, 2.24) is 14.9 Å². The first-order valence-corrected chi connectivity index (χ1v) is 9.01. The van der Waals surface area contributed by atoms with E-state index in [1.165, 1.54) is 0 Å². The molecular formula is C17H26F3N5O. The summed E-state index contributed by atoms with van der Waals surface area (Å²) < 4.78 is 44.7. The minimum Gasteiger partial charge on any atom is -0.381 e. The number of nitrogens with one attached hydrogen (secondary N) is 1. The molecule has 0 saturated carbocycles. The van der Waals surface area contributed by atoms with Gasteiger partial charge in [0.25, 0.3) is 0 Å². The zero-order valence-electron chi connectivity index (χ0n) is 15.2. The molecule has 26 heavy (non-hydrogen) atoms. The van der Waals surface area contributed by atoms with Crippen molar-refractivity contribution < 1.29 is 17.9 Å². The Kier molecular flexibility index (Phi) is 5.86. The molecule has 0 bridgehead atoms. The van der Waals surface area contributed by atoms with Gasteiger partial charge < -0.3 is 19.9 Å². The molecule has 0 aliphatic carbocycles. The third-order valence-electron chi connectivity index (χ3n) is 4.92. The maximum Gasteiger partial charge on any atom is 0.433 e. The van der Waals surface area contributed by atoms with Gasteiger partial charge >= 0.3 is 6.18 Å². The Morgan fingerprint density at radius 3 is 2.54 bits per heavy atom. The molecule has 1 unspecified atom stereocenters. The molecule has 0 spiro atoms. The Labute approximate surface area is 151 Å². The molecule has 2 aliphatic heterocycles. The van der Waals surface area contributed by atoms with E-state index in [-0.39, 0.29) is 17.8 Å². The number of ether oxygens (including phenoxy) is 1. The van der Waals surface area contributed by atoms with Gasteiger partial charge in [0.2, 0.25) is 5.95 Å². The number of rotatable bonds is 5. The lowest BCUT2D eigenvalue weighted by molar-refractivity contribution is -0.141. The smallest absolute Gasteiger partial charge is 0.381 e. The van der Waals surface area contributed by atoms with Crippen LogP contribution in [0.1, 0.15) is 25.0 Å². The number of piperidine rings is 1. The van der Waals surface area contributed by atoms with E-state index in [9.17, 15) is 13.2 Å². The Bertz CT molecular complexity index is 597. The van der Waals surface area contributed by atoms with Gasteiger partial charge in [-0.05, 0) is 25.2 Å². The number of nitrogens with zero attached hydrogens (tertiary/aromatic N) is 4. The van der Waals surface area contributed by atoms with E-state index in [2.05, 4.69) is 20.2 Å². The normalized spacial score (nSPS) is 22.6. The highest BCUT2D eigenvalue weighted by atomic mass is 19.4. The quantitative estimate of drug-likeness (QED) is 0.856. The van der Waals surface area contributed by atoms with Gasteiger partial charge in [0.05, 0.1) is 6.61 Å². The van der Waals surface area contributed by atoms with Crippen molar-refractivity contribution in [2.45, 2.75) is 31.5 Å². The first-order valence-electron chi connectivity index (χ1n) is 9.01. The van der Waals surface area contributed by atoms with Crippen LogP contribution in [0.5, 0.6) is 0 Å². The molecule has 9 heteroatoms. The minimum absolute atomic E-state index is 0.0474. The number of hydrogen-bond donors (Lipinski definition) is 1.